The standard InChI is InChI=1S/C15H20ClFN2O/c1-11(7-8-16)15(20,19-10-9-18-12(19)2)13-3-5-14(17)6-4-13/h3-6,11,20H,7-10H2,1-2H3. The molecule has 0 amide bonds. The maximum absolute atomic E-state index is 13.1. The van der Waals surface area contributed by atoms with Crippen LogP contribution in [-0.4, -0.2) is 34.8 Å². The van der Waals surface area contributed by atoms with Gasteiger partial charge in [-0.25, -0.2) is 4.39 Å². The molecule has 1 heterocycles. The van der Waals surface area contributed by atoms with E-state index in [-0.39, 0.29) is 11.7 Å². The number of amidine groups is 1. The van der Waals surface area contributed by atoms with Crippen LogP contribution in [0.1, 0.15) is 25.8 Å². The van der Waals surface area contributed by atoms with Gasteiger partial charge in [-0.2, -0.15) is 0 Å². The van der Waals surface area contributed by atoms with Gasteiger partial charge in [0.2, 0.25) is 0 Å². The van der Waals surface area contributed by atoms with Crippen LogP contribution in [0.2, 0.25) is 0 Å². The van der Waals surface area contributed by atoms with Crippen molar-refractivity contribution in [2.75, 3.05) is 19.0 Å². The van der Waals surface area contributed by atoms with Crippen molar-refractivity contribution in [3.63, 3.8) is 0 Å². The fourth-order valence-electron chi connectivity index (χ4n) is 2.74. The summed E-state index contributed by atoms with van der Waals surface area (Å²) in [5.41, 5.74) is -0.528. The van der Waals surface area contributed by atoms with E-state index in [1.54, 1.807) is 12.1 Å². The minimum absolute atomic E-state index is 0.0892. The van der Waals surface area contributed by atoms with Crippen LogP contribution in [0.25, 0.3) is 0 Å². The highest BCUT2D eigenvalue weighted by Gasteiger charge is 2.43. The van der Waals surface area contributed by atoms with Crippen LogP contribution >= 0.6 is 11.6 Å². The fraction of sp³-hybridized carbons (Fsp3) is 0.533. The summed E-state index contributed by atoms with van der Waals surface area (Å²) in [7, 11) is 0. The summed E-state index contributed by atoms with van der Waals surface area (Å²) in [5, 5.41) is 11.3. The molecule has 3 nitrogen and oxygen atoms in total. The van der Waals surface area contributed by atoms with Gasteiger partial charge in [-0.05, 0) is 25.5 Å². The van der Waals surface area contributed by atoms with E-state index in [2.05, 4.69) is 4.99 Å². The van der Waals surface area contributed by atoms with E-state index in [4.69, 9.17) is 11.6 Å². The highest BCUT2D eigenvalue weighted by molar-refractivity contribution is 6.17. The number of hydrogen-bond acceptors (Lipinski definition) is 3. The lowest BCUT2D eigenvalue weighted by Gasteiger charge is -2.43. The highest BCUT2D eigenvalue weighted by atomic mass is 35.5. The third-order valence-electron chi connectivity index (χ3n) is 3.96. The van der Waals surface area contributed by atoms with E-state index in [9.17, 15) is 9.50 Å². The topological polar surface area (TPSA) is 35.8 Å². The quantitative estimate of drug-likeness (QED) is 0.848. The van der Waals surface area contributed by atoms with E-state index in [0.717, 1.165) is 5.84 Å². The first-order valence-electron chi connectivity index (χ1n) is 6.83. The zero-order valence-electron chi connectivity index (χ0n) is 11.8. The van der Waals surface area contributed by atoms with Crippen molar-refractivity contribution in [3.8, 4) is 0 Å². The average molecular weight is 299 g/mol. The largest absolute Gasteiger partial charge is 0.366 e. The van der Waals surface area contributed by atoms with Gasteiger partial charge >= 0.3 is 0 Å². The third kappa shape index (κ3) is 2.67. The summed E-state index contributed by atoms with van der Waals surface area (Å²) in [6.45, 7) is 5.17. The zero-order valence-corrected chi connectivity index (χ0v) is 12.6. The summed E-state index contributed by atoms with van der Waals surface area (Å²) >= 11 is 5.84. The maximum Gasteiger partial charge on any atom is 0.167 e. The number of alkyl halides is 1. The maximum atomic E-state index is 13.1. The molecule has 5 heteroatoms. The molecular formula is C15H20ClFN2O. The minimum atomic E-state index is -1.20. The van der Waals surface area contributed by atoms with Crippen LogP contribution in [0, 0.1) is 11.7 Å². The number of aliphatic hydroxyl groups is 1. The molecule has 1 aliphatic rings. The highest BCUT2D eigenvalue weighted by Crippen LogP contribution is 2.37. The third-order valence-corrected chi connectivity index (χ3v) is 4.18. The molecule has 1 aliphatic heterocycles. The first kappa shape index (κ1) is 15.3. The monoisotopic (exact) mass is 298 g/mol. The summed E-state index contributed by atoms with van der Waals surface area (Å²) < 4.78 is 13.1. The van der Waals surface area contributed by atoms with Crippen LogP contribution in [0.3, 0.4) is 0 Å². The van der Waals surface area contributed by atoms with E-state index in [1.165, 1.54) is 12.1 Å². The molecule has 0 saturated carbocycles. The smallest absolute Gasteiger partial charge is 0.167 e. The second-order valence-corrected chi connectivity index (χ2v) is 5.57. The van der Waals surface area contributed by atoms with Crippen molar-refractivity contribution in [3.05, 3.63) is 35.6 Å². The summed E-state index contributed by atoms with van der Waals surface area (Å²) in [6.07, 6.45) is 0.666. The Balaban J connectivity index is 2.43. The van der Waals surface area contributed by atoms with Gasteiger partial charge in [0.05, 0.1) is 12.4 Å². The molecule has 0 bridgehead atoms. The molecule has 1 aromatic carbocycles. The van der Waals surface area contributed by atoms with Gasteiger partial charge in [-0.1, -0.05) is 19.1 Å². The molecule has 0 fully saturated rings. The number of hydrogen-bond donors (Lipinski definition) is 1. The molecule has 110 valence electrons. The first-order chi connectivity index (χ1) is 9.50. The molecule has 1 aromatic rings. The molecular weight excluding hydrogens is 279 g/mol. The number of halogens is 2. The predicted octanol–water partition coefficient (Wildman–Crippen LogP) is 2.97. The fourth-order valence-corrected chi connectivity index (χ4v) is 3.07. The van der Waals surface area contributed by atoms with E-state index in [0.29, 0.717) is 31.0 Å². The van der Waals surface area contributed by atoms with Crippen LogP contribution < -0.4 is 0 Å². The Kier molecular flexibility index (Phi) is 4.66. The van der Waals surface area contributed by atoms with Crippen molar-refractivity contribution in [1.82, 2.24) is 4.90 Å². The lowest BCUT2D eigenvalue weighted by Crippen LogP contribution is -2.51. The lowest BCUT2D eigenvalue weighted by atomic mass is 9.86. The van der Waals surface area contributed by atoms with E-state index in [1.807, 2.05) is 18.7 Å². The van der Waals surface area contributed by atoms with Crippen molar-refractivity contribution < 1.29 is 9.50 Å². The molecule has 0 aromatic heterocycles. The second kappa shape index (κ2) is 6.10. The Morgan fingerprint density at radius 3 is 2.60 bits per heavy atom. The van der Waals surface area contributed by atoms with Gasteiger partial charge < -0.3 is 10.0 Å². The molecule has 2 rings (SSSR count). The van der Waals surface area contributed by atoms with Crippen LogP contribution in [0.4, 0.5) is 4.39 Å². The van der Waals surface area contributed by atoms with Crippen LogP contribution in [0.5, 0.6) is 0 Å². The second-order valence-electron chi connectivity index (χ2n) is 5.19. The van der Waals surface area contributed by atoms with Gasteiger partial charge in [0.15, 0.2) is 5.72 Å². The first-order valence-corrected chi connectivity index (χ1v) is 7.36. The van der Waals surface area contributed by atoms with Gasteiger partial charge in [-0.15, -0.1) is 11.6 Å². The predicted molar refractivity (Wildman–Crippen MR) is 79.5 cm³/mol. The Labute approximate surface area is 124 Å². The number of nitrogens with zero attached hydrogens (tertiary/aromatic N) is 2. The average Bonchev–Trinajstić information content (AvgIpc) is 2.85. The molecule has 0 saturated heterocycles. The van der Waals surface area contributed by atoms with Gasteiger partial charge in [0.25, 0.3) is 0 Å². The number of aliphatic imine (C=N–C) groups is 1. The minimum Gasteiger partial charge on any atom is -0.366 e. The molecule has 0 radical (unpaired) electrons. The Bertz CT molecular complexity index is 491. The van der Waals surface area contributed by atoms with Crippen LogP contribution in [-0.2, 0) is 5.72 Å². The van der Waals surface area contributed by atoms with Gasteiger partial charge in [-0.3, -0.25) is 4.99 Å². The number of benzene rings is 1. The Morgan fingerprint density at radius 1 is 1.45 bits per heavy atom. The summed E-state index contributed by atoms with van der Waals surface area (Å²) in [6, 6.07) is 6.00. The molecule has 1 N–H and O–H groups in total. The summed E-state index contributed by atoms with van der Waals surface area (Å²) in [4.78, 5) is 6.23. The van der Waals surface area contributed by atoms with E-state index >= 15 is 0 Å². The molecule has 2 unspecified atom stereocenters. The van der Waals surface area contributed by atoms with Gasteiger partial charge in [0, 0.05) is 23.9 Å². The lowest BCUT2D eigenvalue weighted by molar-refractivity contribution is -0.117. The molecule has 0 spiro atoms. The Morgan fingerprint density at radius 2 is 2.10 bits per heavy atom. The van der Waals surface area contributed by atoms with Crippen molar-refractivity contribution in [1.29, 1.82) is 0 Å². The number of rotatable bonds is 5. The normalized spacial score (nSPS) is 19.6. The molecule has 20 heavy (non-hydrogen) atoms. The van der Waals surface area contributed by atoms with Gasteiger partial charge in [0.1, 0.15) is 5.82 Å². The molecule has 2 atom stereocenters. The molecule has 0 aliphatic carbocycles. The van der Waals surface area contributed by atoms with Crippen molar-refractivity contribution in [2.24, 2.45) is 10.9 Å². The van der Waals surface area contributed by atoms with Crippen molar-refractivity contribution in [2.45, 2.75) is 26.0 Å². The van der Waals surface area contributed by atoms with E-state index < -0.39 is 5.72 Å². The SMILES string of the molecule is CC1=NCCN1C(O)(c1ccc(F)cc1)C(C)CCCl. The van der Waals surface area contributed by atoms with Crippen LogP contribution in [0.15, 0.2) is 29.3 Å². The Hall–Kier alpha value is -1.13. The van der Waals surface area contributed by atoms with Crippen molar-refractivity contribution >= 4 is 17.4 Å². The summed E-state index contributed by atoms with van der Waals surface area (Å²) in [5.74, 6) is 0.870. The zero-order chi connectivity index (χ0) is 14.8.